The van der Waals surface area contributed by atoms with E-state index in [0.717, 1.165) is 25.2 Å². The summed E-state index contributed by atoms with van der Waals surface area (Å²) in [7, 11) is 0. The van der Waals surface area contributed by atoms with Gasteiger partial charge in [-0.1, -0.05) is 24.3 Å². The minimum absolute atomic E-state index is 0.0233. The average molecular weight is 339 g/mol. The summed E-state index contributed by atoms with van der Waals surface area (Å²) in [5.41, 5.74) is 0.645. The van der Waals surface area contributed by atoms with Crippen molar-refractivity contribution in [3.05, 3.63) is 60.2 Å². The normalized spacial score (nSPS) is 17.1. The number of para-hydroxylation sites is 1. The molecule has 2 aromatic carbocycles. The third kappa shape index (κ3) is 4.83. The van der Waals surface area contributed by atoms with E-state index in [2.05, 4.69) is 0 Å². The molecule has 1 aliphatic rings. The monoisotopic (exact) mass is 339 g/mol. The van der Waals surface area contributed by atoms with Gasteiger partial charge in [0.15, 0.2) is 0 Å². The van der Waals surface area contributed by atoms with Crippen molar-refractivity contribution in [2.75, 3.05) is 19.7 Å². The third-order valence-electron chi connectivity index (χ3n) is 4.43. The molecule has 0 bridgehead atoms. The van der Waals surface area contributed by atoms with Crippen LogP contribution in [0, 0.1) is 0 Å². The van der Waals surface area contributed by atoms with Crippen molar-refractivity contribution < 1.29 is 14.3 Å². The highest BCUT2D eigenvalue weighted by molar-refractivity contribution is 5.94. The van der Waals surface area contributed by atoms with Crippen molar-refractivity contribution in [3.8, 4) is 11.5 Å². The van der Waals surface area contributed by atoms with Crippen LogP contribution in [0.1, 0.15) is 36.5 Å². The van der Waals surface area contributed by atoms with Crippen molar-refractivity contribution in [1.29, 1.82) is 0 Å². The maximum atomic E-state index is 12.9. The summed E-state index contributed by atoms with van der Waals surface area (Å²) in [6, 6.07) is 16.9. The second-order valence-corrected chi connectivity index (χ2v) is 6.28. The summed E-state index contributed by atoms with van der Waals surface area (Å²) < 4.78 is 11.6. The largest absolute Gasteiger partial charge is 0.457 e. The number of benzene rings is 2. The maximum Gasteiger partial charge on any atom is 0.254 e. The van der Waals surface area contributed by atoms with Gasteiger partial charge in [-0.15, -0.1) is 0 Å². The fraction of sp³-hybridized carbons (Fsp3) is 0.381. The van der Waals surface area contributed by atoms with Crippen LogP contribution in [0.15, 0.2) is 54.6 Å². The number of hydrogen-bond donors (Lipinski definition) is 0. The third-order valence-corrected chi connectivity index (χ3v) is 4.43. The number of amides is 1. The van der Waals surface area contributed by atoms with Crippen molar-refractivity contribution in [3.63, 3.8) is 0 Å². The Kier molecular flexibility index (Phi) is 6.07. The Hall–Kier alpha value is -2.33. The van der Waals surface area contributed by atoms with Crippen LogP contribution in [0.25, 0.3) is 0 Å². The van der Waals surface area contributed by atoms with Gasteiger partial charge in [0, 0.05) is 25.3 Å². The van der Waals surface area contributed by atoms with E-state index in [1.807, 2.05) is 60.4 Å². The summed E-state index contributed by atoms with van der Waals surface area (Å²) >= 11 is 0. The van der Waals surface area contributed by atoms with Gasteiger partial charge >= 0.3 is 0 Å². The summed E-state index contributed by atoms with van der Waals surface area (Å²) in [4.78, 5) is 14.7. The molecule has 0 aliphatic carbocycles. The molecule has 1 amide bonds. The number of hydrogen-bond acceptors (Lipinski definition) is 3. The van der Waals surface area contributed by atoms with Crippen molar-refractivity contribution in [1.82, 2.24) is 4.90 Å². The summed E-state index contributed by atoms with van der Waals surface area (Å²) in [6.45, 7) is 4.13. The Morgan fingerprint density at radius 1 is 1.12 bits per heavy atom. The van der Waals surface area contributed by atoms with E-state index in [1.54, 1.807) is 6.07 Å². The van der Waals surface area contributed by atoms with Gasteiger partial charge in [0.05, 0.1) is 6.10 Å². The molecule has 1 atom stereocenters. The van der Waals surface area contributed by atoms with E-state index < -0.39 is 0 Å². The lowest BCUT2D eigenvalue weighted by atomic mass is 10.1. The number of carbonyl (C=O) groups excluding carboxylic acids is 1. The van der Waals surface area contributed by atoms with Crippen LogP contribution in [-0.2, 0) is 4.74 Å². The molecule has 132 valence electrons. The van der Waals surface area contributed by atoms with Gasteiger partial charge in [-0.25, -0.2) is 0 Å². The molecule has 2 aromatic rings. The molecule has 1 fully saturated rings. The summed E-state index contributed by atoms with van der Waals surface area (Å²) in [6.07, 6.45) is 3.48. The molecule has 3 rings (SSSR count). The van der Waals surface area contributed by atoms with E-state index in [0.29, 0.717) is 24.4 Å². The van der Waals surface area contributed by atoms with E-state index in [9.17, 15) is 4.79 Å². The number of nitrogens with zero attached hydrogens (tertiary/aromatic N) is 1. The summed E-state index contributed by atoms with van der Waals surface area (Å²) in [5.74, 6) is 1.45. The molecule has 0 unspecified atom stereocenters. The molecule has 1 saturated heterocycles. The molecule has 0 N–H and O–H groups in total. The molecule has 1 aliphatic heterocycles. The molecular formula is C21H25NO3. The number of ether oxygens (including phenoxy) is 2. The van der Waals surface area contributed by atoms with Crippen LogP contribution in [0.4, 0.5) is 0 Å². The van der Waals surface area contributed by atoms with Gasteiger partial charge in [-0.2, -0.15) is 0 Å². The van der Waals surface area contributed by atoms with Gasteiger partial charge in [0.1, 0.15) is 11.5 Å². The van der Waals surface area contributed by atoms with Crippen LogP contribution in [0.2, 0.25) is 0 Å². The van der Waals surface area contributed by atoms with E-state index >= 15 is 0 Å². The summed E-state index contributed by atoms with van der Waals surface area (Å²) in [5, 5.41) is 0. The minimum Gasteiger partial charge on any atom is -0.457 e. The standard InChI is InChI=1S/C21H25NO3/c1-2-22(16-20-12-6-7-14-24-20)21(23)17-9-8-13-19(15-17)25-18-10-4-3-5-11-18/h3-5,8-11,13,15,20H,2,6-7,12,14,16H2,1H3/t20-/m0/s1. The second-order valence-electron chi connectivity index (χ2n) is 6.28. The van der Waals surface area contributed by atoms with Gasteiger partial charge < -0.3 is 14.4 Å². The lowest BCUT2D eigenvalue weighted by molar-refractivity contribution is -0.00311. The topological polar surface area (TPSA) is 38.8 Å². The lowest BCUT2D eigenvalue weighted by Gasteiger charge is -2.29. The Bertz CT molecular complexity index is 681. The van der Waals surface area contributed by atoms with Gasteiger partial charge in [0.2, 0.25) is 0 Å². The zero-order valence-electron chi connectivity index (χ0n) is 14.7. The Balaban J connectivity index is 1.68. The first-order valence-electron chi connectivity index (χ1n) is 9.00. The number of rotatable bonds is 6. The van der Waals surface area contributed by atoms with Crippen LogP contribution in [0.3, 0.4) is 0 Å². The highest BCUT2D eigenvalue weighted by atomic mass is 16.5. The zero-order chi connectivity index (χ0) is 17.5. The fourth-order valence-corrected chi connectivity index (χ4v) is 3.05. The smallest absolute Gasteiger partial charge is 0.254 e. The molecule has 25 heavy (non-hydrogen) atoms. The SMILES string of the molecule is CCN(C[C@@H]1CCCCO1)C(=O)c1cccc(Oc2ccccc2)c1. The zero-order valence-corrected chi connectivity index (χ0v) is 14.7. The molecule has 0 radical (unpaired) electrons. The van der Waals surface area contributed by atoms with E-state index in [1.165, 1.54) is 6.42 Å². The van der Waals surface area contributed by atoms with Crippen molar-refractivity contribution >= 4 is 5.91 Å². The Labute approximate surface area is 149 Å². The fourth-order valence-electron chi connectivity index (χ4n) is 3.05. The predicted octanol–water partition coefficient (Wildman–Crippen LogP) is 4.51. The van der Waals surface area contributed by atoms with E-state index in [4.69, 9.17) is 9.47 Å². The molecule has 0 spiro atoms. The lowest BCUT2D eigenvalue weighted by Crippen LogP contribution is -2.39. The Morgan fingerprint density at radius 3 is 2.64 bits per heavy atom. The van der Waals surface area contributed by atoms with Crippen LogP contribution < -0.4 is 4.74 Å². The first-order chi connectivity index (χ1) is 12.3. The van der Waals surface area contributed by atoms with Crippen LogP contribution >= 0.6 is 0 Å². The van der Waals surface area contributed by atoms with Gasteiger partial charge in [-0.3, -0.25) is 4.79 Å². The molecule has 1 heterocycles. The highest BCUT2D eigenvalue weighted by Gasteiger charge is 2.21. The molecule has 0 aromatic heterocycles. The van der Waals surface area contributed by atoms with Gasteiger partial charge in [-0.05, 0) is 56.5 Å². The van der Waals surface area contributed by atoms with Crippen LogP contribution in [-0.4, -0.2) is 36.6 Å². The van der Waals surface area contributed by atoms with Crippen molar-refractivity contribution in [2.45, 2.75) is 32.3 Å². The minimum atomic E-state index is 0.0233. The maximum absolute atomic E-state index is 12.9. The van der Waals surface area contributed by atoms with Crippen molar-refractivity contribution in [2.24, 2.45) is 0 Å². The second kappa shape index (κ2) is 8.67. The number of carbonyl (C=O) groups is 1. The molecule has 0 saturated carbocycles. The first kappa shape index (κ1) is 17.5. The highest BCUT2D eigenvalue weighted by Crippen LogP contribution is 2.23. The number of likely N-dealkylation sites (N-methyl/N-ethyl adjacent to an activating group) is 1. The molecular weight excluding hydrogens is 314 g/mol. The first-order valence-corrected chi connectivity index (χ1v) is 9.00. The van der Waals surface area contributed by atoms with Gasteiger partial charge in [0.25, 0.3) is 5.91 Å². The quantitative estimate of drug-likeness (QED) is 0.777. The molecule has 4 heteroatoms. The van der Waals surface area contributed by atoms with Crippen LogP contribution in [0.5, 0.6) is 11.5 Å². The predicted molar refractivity (Wildman–Crippen MR) is 98.1 cm³/mol. The van der Waals surface area contributed by atoms with E-state index in [-0.39, 0.29) is 12.0 Å². The average Bonchev–Trinajstić information content (AvgIpc) is 2.67. The Morgan fingerprint density at radius 2 is 1.92 bits per heavy atom. The molecule has 4 nitrogen and oxygen atoms in total.